The van der Waals surface area contributed by atoms with Crippen LogP contribution >= 0.6 is 0 Å². The Morgan fingerprint density at radius 3 is 1.48 bits per heavy atom. The molecule has 2 fully saturated rings. The number of fused-ring (bicyclic) bond motifs is 1. The summed E-state index contributed by atoms with van der Waals surface area (Å²) in [4.78, 5) is 158. The van der Waals surface area contributed by atoms with Crippen LogP contribution in [0.2, 0.25) is 0 Å². The zero-order chi connectivity index (χ0) is 69.2. The van der Waals surface area contributed by atoms with Crippen molar-refractivity contribution in [1.29, 1.82) is 0 Å². The van der Waals surface area contributed by atoms with Gasteiger partial charge >= 0.3 is 41.8 Å². The number of aryl methyl sites for hydroxylation is 2. The number of nitrogens with one attached hydrogen (secondary N) is 7. The van der Waals surface area contributed by atoms with Crippen LogP contribution < -0.4 is 37.2 Å². The standard InChI is InChI=1S/C66H95N11O18/c1-44-15-17-45(18-16-44)9-8-14-55(78)67-27-6-4-12-51(70-56(79)40-74-29-31-75(41-58(82)83)33-35-77(43-60(86)87)36-34-76(32-30-74)42-59(84)85)62(89)69-39-46-19-23-49(24-20-46)61(88)71-54(38-47-21-22-48-10-2-3-11-50(48)37-47)63(90)68-28-7-5-13-52(64(91)92)72-66(95)73-53(65(93)94)25-26-57(80)81/h2-3,10-11,15-18,21-22,37,46,49,51-54H,4-9,12-14,19-20,23-36,38-43H2,1H3,(H,67,78)(H,68,90)(H,69,89)(H,70,79)(H,71,88)(H,80,81)(H,82,83)(H,84,85)(H,86,87)(H,91,92)(H,93,94)(H2,72,73,95). The van der Waals surface area contributed by atoms with E-state index in [1.807, 2.05) is 73.7 Å². The molecule has 3 aromatic carbocycles. The van der Waals surface area contributed by atoms with Crippen molar-refractivity contribution >= 4 is 82.2 Å². The molecule has 1 saturated heterocycles. The highest BCUT2D eigenvalue weighted by Crippen LogP contribution is 2.29. The fraction of sp³-hybridized carbons (Fsp3) is 0.576. The summed E-state index contributed by atoms with van der Waals surface area (Å²) in [5.74, 6) is -9.82. The molecule has 29 nitrogen and oxygen atoms in total. The van der Waals surface area contributed by atoms with Crippen LogP contribution in [0.25, 0.3) is 10.8 Å². The number of unbranched alkanes of at least 4 members (excludes halogenated alkanes) is 2. The van der Waals surface area contributed by atoms with E-state index in [1.165, 1.54) is 0 Å². The average Bonchev–Trinajstić information content (AvgIpc) is 0.876. The van der Waals surface area contributed by atoms with E-state index in [0.29, 0.717) is 57.9 Å². The molecule has 5 rings (SSSR count). The van der Waals surface area contributed by atoms with E-state index in [1.54, 1.807) is 19.6 Å². The van der Waals surface area contributed by atoms with Gasteiger partial charge in [-0.05, 0) is 118 Å². The summed E-state index contributed by atoms with van der Waals surface area (Å²) in [6, 6.07) is 15.4. The Bertz CT molecular complexity index is 3020. The number of carboxylic acids is 6. The normalized spacial score (nSPS) is 17.4. The van der Waals surface area contributed by atoms with Gasteiger partial charge in [0, 0.05) is 97.2 Å². The van der Waals surface area contributed by atoms with Crippen LogP contribution in [0.15, 0.2) is 66.7 Å². The highest BCUT2D eigenvalue weighted by molar-refractivity contribution is 5.90. The predicted molar refractivity (Wildman–Crippen MR) is 348 cm³/mol. The molecule has 1 saturated carbocycles. The second-order valence-corrected chi connectivity index (χ2v) is 24.6. The van der Waals surface area contributed by atoms with Crippen molar-refractivity contribution in [3.05, 3.63) is 83.4 Å². The van der Waals surface area contributed by atoms with E-state index in [9.17, 15) is 83.1 Å². The first-order valence-corrected chi connectivity index (χ1v) is 32.6. The number of amides is 7. The largest absolute Gasteiger partial charge is 0.481 e. The third-order valence-electron chi connectivity index (χ3n) is 17.0. The van der Waals surface area contributed by atoms with Crippen molar-refractivity contribution in [1.82, 2.24) is 56.8 Å². The van der Waals surface area contributed by atoms with Gasteiger partial charge < -0.3 is 67.9 Å². The number of aliphatic carboxylic acids is 6. The SMILES string of the molecule is Cc1ccc(CCCC(=O)NCCCCC(NC(=O)CN2CCN(CC(=O)O)CCN(CC(=O)O)CCN(CC(=O)O)CC2)C(=O)NCC2CCC(C(=O)NC(Cc3ccc4ccccc4c3)C(=O)NCCCCC(NC(=O)NC(CCC(=O)O)C(=O)O)C(=O)O)CC2)cc1. The van der Waals surface area contributed by atoms with Crippen molar-refractivity contribution in [2.24, 2.45) is 11.8 Å². The fourth-order valence-electron chi connectivity index (χ4n) is 11.5. The van der Waals surface area contributed by atoms with Gasteiger partial charge in [0.1, 0.15) is 24.2 Å². The summed E-state index contributed by atoms with van der Waals surface area (Å²) >= 11 is 0. The smallest absolute Gasteiger partial charge is 0.326 e. The summed E-state index contributed by atoms with van der Waals surface area (Å²) in [5.41, 5.74) is 3.07. The Labute approximate surface area is 552 Å². The van der Waals surface area contributed by atoms with Gasteiger partial charge in [0.2, 0.25) is 29.5 Å². The Hall–Kier alpha value is -8.80. The van der Waals surface area contributed by atoms with Gasteiger partial charge in [-0.15, -0.1) is 0 Å². The van der Waals surface area contributed by atoms with Crippen LogP contribution in [0.5, 0.6) is 0 Å². The van der Waals surface area contributed by atoms with Crippen molar-refractivity contribution in [2.45, 2.75) is 134 Å². The quantitative estimate of drug-likeness (QED) is 0.0363. The molecule has 1 heterocycles. The lowest BCUT2D eigenvalue weighted by Gasteiger charge is -2.33. The molecule has 0 radical (unpaired) electrons. The van der Waals surface area contributed by atoms with Gasteiger partial charge in [-0.25, -0.2) is 14.4 Å². The van der Waals surface area contributed by atoms with Crippen LogP contribution in [-0.2, 0) is 65.6 Å². The summed E-state index contributed by atoms with van der Waals surface area (Å²) in [7, 11) is 0. The number of urea groups is 1. The van der Waals surface area contributed by atoms with E-state index < -0.39 is 102 Å². The number of hydrogen-bond acceptors (Lipinski definition) is 16. The van der Waals surface area contributed by atoms with Crippen molar-refractivity contribution in [3.8, 4) is 0 Å². The lowest BCUT2D eigenvalue weighted by atomic mass is 9.81. The number of rotatable bonds is 38. The van der Waals surface area contributed by atoms with Gasteiger partial charge in [0.25, 0.3) is 0 Å². The maximum Gasteiger partial charge on any atom is 0.326 e. The monoisotopic (exact) mass is 1330 g/mol. The van der Waals surface area contributed by atoms with Crippen molar-refractivity contribution in [2.75, 3.05) is 98.2 Å². The highest BCUT2D eigenvalue weighted by Gasteiger charge is 2.32. The summed E-state index contributed by atoms with van der Waals surface area (Å²) in [6.45, 7) is 2.96. The zero-order valence-electron chi connectivity index (χ0n) is 54.1. The minimum Gasteiger partial charge on any atom is -0.481 e. The van der Waals surface area contributed by atoms with Crippen LogP contribution in [0.1, 0.15) is 107 Å². The minimum absolute atomic E-state index is 0.0471. The summed E-state index contributed by atoms with van der Waals surface area (Å²) in [6.07, 6.45) is 4.45. The molecule has 522 valence electrons. The highest BCUT2D eigenvalue weighted by atomic mass is 16.4. The molecule has 0 bridgehead atoms. The zero-order valence-corrected chi connectivity index (χ0v) is 54.1. The molecule has 13 N–H and O–H groups in total. The predicted octanol–water partition coefficient (Wildman–Crippen LogP) is 1.72. The second kappa shape index (κ2) is 41.1. The molecule has 2 aliphatic rings. The second-order valence-electron chi connectivity index (χ2n) is 24.6. The van der Waals surface area contributed by atoms with E-state index in [0.717, 1.165) is 33.9 Å². The van der Waals surface area contributed by atoms with Crippen LogP contribution in [0, 0.1) is 18.8 Å². The number of hydrogen-bond donors (Lipinski definition) is 13. The first-order chi connectivity index (χ1) is 45.4. The van der Waals surface area contributed by atoms with Gasteiger partial charge in [0.05, 0.1) is 26.2 Å². The molecule has 0 aromatic heterocycles. The molecule has 4 atom stereocenters. The molecule has 7 amide bonds. The van der Waals surface area contributed by atoms with Gasteiger partial charge in [-0.1, -0.05) is 72.3 Å². The summed E-state index contributed by atoms with van der Waals surface area (Å²) < 4.78 is 0. The Balaban J connectivity index is 1.19. The van der Waals surface area contributed by atoms with Crippen molar-refractivity contribution in [3.63, 3.8) is 0 Å². The third-order valence-corrected chi connectivity index (χ3v) is 17.0. The van der Waals surface area contributed by atoms with E-state index in [2.05, 4.69) is 37.2 Å². The van der Waals surface area contributed by atoms with Crippen LogP contribution in [0.4, 0.5) is 4.79 Å². The lowest BCUT2D eigenvalue weighted by Crippen LogP contribution is -2.52. The van der Waals surface area contributed by atoms with Crippen molar-refractivity contribution < 1.29 is 88.2 Å². The number of carbonyl (C=O) groups is 12. The Morgan fingerprint density at radius 1 is 0.453 bits per heavy atom. The number of carboxylic acid groups (broad SMARTS) is 6. The Morgan fingerprint density at radius 2 is 0.947 bits per heavy atom. The summed E-state index contributed by atoms with van der Waals surface area (Å²) in [5, 5.41) is 78.0. The average molecular weight is 1330 g/mol. The maximum absolute atomic E-state index is 14.2. The van der Waals surface area contributed by atoms with Gasteiger partial charge in [-0.3, -0.25) is 62.8 Å². The molecule has 1 aliphatic carbocycles. The third kappa shape index (κ3) is 30.4. The first kappa shape index (κ1) is 76.9. The van der Waals surface area contributed by atoms with E-state index in [-0.39, 0.29) is 141 Å². The maximum atomic E-state index is 14.2. The van der Waals surface area contributed by atoms with E-state index in [4.69, 9.17) is 5.11 Å². The van der Waals surface area contributed by atoms with Crippen LogP contribution in [0.3, 0.4) is 0 Å². The van der Waals surface area contributed by atoms with E-state index >= 15 is 0 Å². The lowest BCUT2D eigenvalue weighted by molar-refractivity contribution is -0.141. The number of carbonyl (C=O) groups excluding carboxylic acids is 6. The fourth-order valence-corrected chi connectivity index (χ4v) is 11.5. The molecule has 1 aliphatic heterocycles. The van der Waals surface area contributed by atoms with Gasteiger partial charge in [-0.2, -0.15) is 0 Å². The first-order valence-electron chi connectivity index (χ1n) is 32.6. The molecule has 29 heteroatoms. The molecule has 3 aromatic rings. The molecule has 95 heavy (non-hydrogen) atoms. The minimum atomic E-state index is -1.57. The molecular weight excluding hydrogens is 1230 g/mol. The van der Waals surface area contributed by atoms with Gasteiger partial charge in [0.15, 0.2) is 0 Å². The molecular formula is C66H95N11O18. The van der Waals surface area contributed by atoms with Crippen LogP contribution in [-0.4, -0.2) is 244 Å². The molecule has 0 spiro atoms. The number of nitrogens with zero attached hydrogens (tertiary/aromatic N) is 4. The number of benzene rings is 3. The molecule has 4 unspecified atom stereocenters. The topological polar surface area (TPSA) is 423 Å². The Kier molecular flexibility index (Phi) is 33.3.